The lowest BCUT2D eigenvalue weighted by atomic mass is 9.95. The van der Waals surface area contributed by atoms with Crippen molar-refractivity contribution in [3.05, 3.63) is 47.5 Å². The quantitative estimate of drug-likeness (QED) is 0.892. The second-order valence-corrected chi connectivity index (χ2v) is 6.06. The van der Waals surface area contributed by atoms with E-state index in [-0.39, 0.29) is 30.2 Å². The highest BCUT2D eigenvalue weighted by Crippen LogP contribution is 2.18. The highest BCUT2D eigenvalue weighted by atomic mass is 35.5. The van der Waals surface area contributed by atoms with Crippen LogP contribution in [0.3, 0.4) is 0 Å². The van der Waals surface area contributed by atoms with Crippen LogP contribution in [-0.2, 0) is 0 Å². The van der Waals surface area contributed by atoms with Crippen LogP contribution < -0.4 is 10.6 Å². The summed E-state index contributed by atoms with van der Waals surface area (Å²) in [4.78, 5) is 12.5. The number of para-hydroxylation sites is 1. The maximum Gasteiger partial charge on any atom is 0.254 e. The molecule has 2 atom stereocenters. The van der Waals surface area contributed by atoms with Crippen LogP contribution in [0.2, 0.25) is 0 Å². The molecule has 1 saturated heterocycles. The zero-order chi connectivity index (χ0) is 16.4. The molecule has 0 aliphatic carbocycles. The topological polar surface area (TPSA) is 59.0 Å². The van der Waals surface area contributed by atoms with Crippen LogP contribution >= 0.6 is 12.4 Å². The van der Waals surface area contributed by atoms with Crippen molar-refractivity contribution in [2.75, 3.05) is 13.1 Å². The molecule has 2 unspecified atom stereocenters. The van der Waals surface area contributed by atoms with Gasteiger partial charge in [-0.25, -0.2) is 9.07 Å². The summed E-state index contributed by atoms with van der Waals surface area (Å²) in [5.74, 6) is -0.129. The molecule has 1 aliphatic heterocycles. The van der Waals surface area contributed by atoms with Crippen molar-refractivity contribution >= 4 is 18.3 Å². The number of nitrogens with zero attached hydrogens (tertiary/aromatic N) is 2. The molecule has 2 N–H and O–H groups in total. The third-order valence-corrected chi connectivity index (χ3v) is 4.44. The number of halogens is 2. The molecule has 2 aromatic rings. The third kappa shape index (κ3) is 3.60. The fourth-order valence-electron chi connectivity index (χ4n) is 2.97. The number of amides is 1. The molecule has 1 aliphatic rings. The van der Waals surface area contributed by atoms with Crippen molar-refractivity contribution in [1.29, 1.82) is 0 Å². The number of carbonyl (C=O) groups is 1. The van der Waals surface area contributed by atoms with E-state index < -0.39 is 0 Å². The van der Waals surface area contributed by atoms with Crippen molar-refractivity contribution in [3.8, 4) is 5.69 Å². The Labute approximate surface area is 147 Å². The highest BCUT2D eigenvalue weighted by molar-refractivity contribution is 5.95. The van der Waals surface area contributed by atoms with Gasteiger partial charge in [0.1, 0.15) is 11.5 Å². The molecule has 1 amide bonds. The lowest BCUT2D eigenvalue weighted by molar-refractivity contribution is 0.0913. The number of aromatic nitrogens is 2. The van der Waals surface area contributed by atoms with Gasteiger partial charge < -0.3 is 10.6 Å². The first-order chi connectivity index (χ1) is 11.1. The monoisotopic (exact) mass is 352 g/mol. The second-order valence-electron chi connectivity index (χ2n) is 6.06. The summed E-state index contributed by atoms with van der Waals surface area (Å²) in [6.45, 7) is 5.70. The van der Waals surface area contributed by atoms with Crippen LogP contribution in [0.1, 0.15) is 29.4 Å². The number of piperidine rings is 1. The van der Waals surface area contributed by atoms with E-state index in [1.54, 1.807) is 25.1 Å². The summed E-state index contributed by atoms with van der Waals surface area (Å²) in [5, 5.41) is 10.6. The Hall–Kier alpha value is -1.92. The summed E-state index contributed by atoms with van der Waals surface area (Å²) in [6, 6.07) is 6.55. The Balaban J connectivity index is 0.00000208. The SMILES string of the molecule is Cc1c(C(=O)NC2CCNCC2C)cnn1-c1ccccc1F.Cl. The minimum absolute atomic E-state index is 0. The minimum atomic E-state index is -0.363. The average molecular weight is 353 g/mol. The van der Waals surface area contributed by atoms with Gasteiger partial charge in [-0.3, -0.25) is 4.79 Å². The predicted molar refractivity (Wildman–Crippen MR) is 93.4 cm³/mol. The molecule has 0 bridgehead atoms. The number of benzene rings is 1. The van der Waals surface area contributed by atoms with Gasteiger partial charge in [-0.15, -0.1) is 12.4 Å². The van der Waals surface area contributed by atoms with Crippen molar-refractivity contribution in [2.24, 2.45) is 5.92 Å². The Morgan fingerprint density at radius 1 is 1.42 bits per heavy atom. The van der Waals surface area contributed by atoms with Crippen molar-refractivity contribution < 1.29 is 9.18 Å². The van der Waals surface area contributed by atoms with Gasteiger partial charge in [0.05, 0.1) is 17.5 Å². The van der Waals surface area contributed by atoms with Gasteiger partial charge in [0.2, 0.25) is 0 Å². The normalized spacial score (nSPS) is 20.3. The maximum absolute atomic E-state index is 13.9. The van der Waals surface area contributed by atoms with E-state index in [9.17, 15) is 9.18 Å². The molecule has 0 radical (unpaired) electrons. The molecule has 1 fully saturated rings. The van der Waals surface area contributed by atoms with Gasteiger partial charge in [-0.1, -0.05) is 19.1 Å². The summed E-state index contributed by atoms with van der Waals surface area (Å²) >= 11 is 0. The van der Waals surface area contributed by atoms with Crippen LogP contribution in [0.15, 0.2) is 30.5 Å². The van der Waals surface area contributed by atoms with Crippen LogP contribution in [0.5, 0.6) is 0 Å². The Morgan fingerprint density at radius 3 is 2.88 bits per heavy atom. The van der Waals surface area contributed by atoms with E-state index in [2.05, 4.69) is 22.7 Å². The first-order valence-electron chi connectivity index (χ1n) is 7.89. The second kappa shape index (κ2) is 7.77. The number of hydrogen-bond acceptors (Lipinski definition) is 3. The molecule has 1 aromatic heterocycles. The van der Waals surface area contributed by atoms with Gasteiger partial charge in [0.25, 0.3) is 5.91 Å². The average Bonchev–Trinajstić information content (AvgIpc) is 2.92. The molecule has 1 aromatic carbocycles. The Kier molecular flexibility index (Phi) is 5.96. The number of rotatable bonds is 3. The van der Waals surface area contributed by atoms with E-state index in [0.29, 0.717) is 22.9 Å². The fraction of sp³-hybridized carbons (Fsp3) is 0.412. The summed E-state index contributed by atoms with van der Waals surface area (Å²) < 4.78 is 15.4. The first kappa shape index (κ1) is 18.4. The number of carbonyl (C=O) groups excluding carboxylic acids is 1. The molecule has 5 nitrogen and oxygen atoms in total. The molecular formula is C17H22ClFN4O. The lowest BCUT2D eigenvalue weighted by Crippen LogP contribution is -2.48. The molecule has 0 saturated carbocycles. The van der Waals surface area contributed by atoms with E-state index >= 15 is 0 Å². The standard InChI is InChI=1S/C17H21FN4O.ClH/c1-11-9-19-8-7-15(11)21-17(23)13-10-20-22(12(13)2)16-6-4-3-5-14(16)18;/h3-6,10-11,15,19H,7-9H2,1-2H3,(H,21,23);1H. The molecular weight excluding hydrogens is 331 g/mol. The van der Waals surface area contributed by atoms with E-state index in [1.807, 2.05) is 0 Å². The zero-order valence-corrected chi connectivity index (χ0v) is 14.6. The number of hydrogen-bond donors (Lipinski definition) is 2. The van der Waals surface area contributed by atoms with Crippen LogP contribution in [0.25, 0.3) is 5.69 Å². The van der Waals surface area contributed by atoms with Crippen molar-refractivity contribution in [2.45, 2.75) is 26.3 Å². The summed E-state index contributed by atoms with van der Waals surface area (Å²) in [7, 11) is 0. The highest BCUT2D eigenvalue weighted by Gasteiger charge is 2.25. The fourth-order valence-corrected chi connectivity index (χ4v) is 2.97. The largest absolute Gasteiger partial charge is 0.349 e. The van der Waals surface area contributed by atoms with Gasteiger partial charge in [0.15, 0.2) is 0 Å². The van der Waals surface area contributed by atoms with Gasteiger partial charge in [-0.2, -0.15) is 5.10 Å². The van der Waals surface area contributed by atoms with Crippen LogP contribution in [0, 0.1) is 18.7 Å². The Bertz CT molecular complexity index is 718. The van der Waals surface area contributed by atoms with Crippen LogP contribution in [-0.4, -0.2) is 34.8 Å². The Morgan fingerprint density at radius 2 is 2.17 bits per heavy atom. The minimum Gasteiger partial charge on any atom is -0.349 e. The summed E-state index contributed by atoms with van der Waals surface area (Å²) in [6.07, 6.45) is 2.41. The van der Waals surface area contributed by atoms with Crippen LogP contribution in [0.4, 0.5) is 4.39 Å². The molecule has 2 heterocycles. The molecule has 3 rings (SSSR count). The van der Waals surface area contributed by atoms with E-state index in [0.717, 1.165) is 19.5 Å². The smallest absolute Gasteiger partial charge is 0.254 e. The van der Waals surface area contributed by atoms with Crippen molar-refractivity contribution in [1.82, 2.24) is 20.4 Å². The van der Waals surface area contributed by atoms with Gasteiger partial charge >= 0.3 is 0 Å². The number of nitrogens with one attached hydrogen (secondary N) is 2. The third-order valence-electron chi connectivity index (χ3n) is 4.44. The predicted octanol–water partition coefficient (Wildman–Crippen LogP) is 2.47. The zero-order valence-electron chi connectivity index (χ0n) is 13.8. The molecule has 24 heavy (non-hydrogen) atoms. The van der Waals surface area contributed by atoms with Gasteiger partial charge in [0, 0.05) is 6.04 Å². The molecule has 130 valence electrons. The first-order valence-corrected chi connectivity index (χ1v) is 7.89. The lowest BCUT2D eigenvalue weighted by Gasteiger charge is -2.30. The van der Waals surface area contributed by atoms with Crippen molar-refractivity contribution in [3.63, 3.8) is 0 Å². The maximum atomic E-state index is 13.9. The molecule has 0 spiro atoms. The summed E-state index contributed by atoms with van der Waals surface area (Å²) in [5.41, 5.74) is 1.47. The van der Waals surface area contributed by atoms with E-state index in [4.69, 9.17) is 0 Å². The molecule has 7 heteroatoms. The van der Waals surface area contributed by atoms with Gasteiger partial charge in [-0.05, 0) is 44.5 Å². The van der Waals surface area contributed by atoms with E-state index in [1.165, 1.54) is 16.9 Å².